The van der Waals surface area contributed by atoms with Gasteiger partial charge in [-0.1, -0.05) is 0 Å². The van der Waals surface area contributed by atoms with Crippen molar-refractivity contribution in [3.05, 3.63) is 29.3 Å². The van der Waals surface area contributed by atoms with E-state index in [4.69, 9.17) is 28.7 Å². The van der Waals surface area contributed by atoms with Crippen molar-refractivity contribution in [1.82, 2.24) is 0 Å². The maximum Gasteiger partial charge on any atom is 0.211 e. The zero-order valence-corrected chi connectivity index (χ0v) is 14.4. The number of halogens is 2. The van der Waals surface area contributed by atoms with Crippen molar-refractivity contribution in [2.24, 2.45) is 43.3 Å². The molecule has 0 aliphatic carbocycles. The third kappa shape index (κ3) is 7.88. The summed E-state index contributed by atoms with van der Waals surface area (Å²) in [6, 6.07) is 5.33. The van der Waals surface area contributed by atoms with Crippen LogP contribution in [-0.4, -0.2) is 23.3 Å². The second kappa shape index (κ2) is 10.2. The standard InChI is InChI=1S/C12H19N9.2ClH/c1-6(18-20-11(14)15)8-3-9(5-10(13)4-8)7(2)19-21-12(16)17;;/h3-5H,13H2,1-2H3,(H4,14,15,20)(H4,16,17,21);2*1H/b18-6+,19-7+;;. The van der Waals surface area contributed by atoms with Gasteiger partial charge in [0.2, 0.25) is 11.9 Å². The fraction of sp³-hybridized carbons (Fsp3) is 0.167. The predicted octanol–water partition coefficient (Wildman–Crippen LogP) is 0.107. The highest BCUT2D eigenvalue weighted by Gasteiger charge is 2.05. The molecule has 0 atom stereocenters. The summed E-state index contributed by atoms with van der Waals surface area (Å²) in [5.41, 5.74) is 30.1. The fourth-order valence-corrected chi connectivity index (χ4v) is 1.45. The lowest BCUT2D eigenvalue weighted by atomic mass is 10.0. The molecule has 1 rings (SSSR count). The van der Waals surface area contributed by atoms with E-state index in [2.05, 4.69) is 20.4 Å². The molecule has 0 amide bonds. The molecule has 10 N–H and O–H groups in total. The van der Waals surface area contributed by atoms with E-state index >= 15 is 0 Å². The lowest BCUT2D eigenvalue weighted by Gasteiger charge is -2.06. The Balaban J connectivity index is 0. The molecule has 9 nitrogen and oxygen atoms in total. The molecule has 0 unspecified atom stereocenters. The first-order chi connectivity index (χ1) is 9.79. The van der Waals surface area contributed by atoms with Crippen LogP contribution in [0.2, 0.25) is 0 Å². The summed E-state index contributed by atoms with van der Waals surface area (Å²) in [6.07, 6.45) is 0. The Kier molecular flexibility index (Phi) is 10.1. The summed E-state index contributed by atoms with van der Waals surface area (Å²) < 4.78 is 0. The lowest BCUT2D eigenvalue weighted by molar-refractivity contribution is 1.19. The number of hydrogen-bond donors (Lipinski definition) is 5. The molecule has 0 spiro atoms. The molecule has 11 heteroatoms. The Morgan fingerprint density at radius 2 is 1.04 bits per heavy atom. The van der Waals surface area contributed by atoms with Gasteiger partial charge >= 0.3 is 0 Å². The summed E-state index contributed by atoms with van der Waals surface area (Å²) in [5.74, 6) is -0.243. The molecule has 0 saturated carbocycles. The molecule has 0 radical (unpaired) electrons. The van der Waals surface area contributed by atoms with E-state index in [1.165, 1.54) is 0 Å². The van der Waals surface area contributed by atoms with Crippen LogP contribution in [0.3, 0.4) is 0 Å². The SMILES string of the molecule is C/C(=N\N=C(N)N)c1cc(N)cc(/C(C)=N/N=C(N)N)c1.Cl.Cl. The smallest absolute Gasteiger partial charge is 0.211 e. The van der Waals surface area contributed by atoms with E-state index in [-0.39, 0.29) is 36.7 Å². The van der Waals surface area contributed by atoms with Gasteiger partial charge in [-0.3, -0.25) is 0 Å². The van der Waals surface area contributed by atoms with Crippen molar-refractivity contribution in [2.45, 2.75) is 13.8 Å². The Morgan fingerprint density at radius 3 is 1.35 bits per heavy atom. The zero-order chi connectivity index (χ0) is 16.0. The van der Waals surface area contributed by atoms with Crippen LogP contribution in [0, 0.1) is 0 Å². The maximum atomic E-state index is 5.87. The van der Waals surface area contributed by atoms with Gasteiger partial charge in [-0.2, -0.15) is 10.2 Å². The van der Waals surface area contributed by atoms with Crippen molar-refractivity contribution < 1.29 is 0 Å². The van der Waals surface area contributed by atoms with E-state index in [9.17, 15) is 0 Å². The summed E-state index contributed by atoms with van der Waals surface area (Å²) in [5, 5.41) is 15.0. The van der Waals surface area contributed by atoms with Crippen LogP contribution in [0.5, 0.6) is 0 Å². The van der Waals surface area contributed by atoms with E-state index in [1.54, 1.807) is 26.0 Å². The van der Waals surface area contributed by atoms with E-state index in [0.717, 1.165) is 11.1 Å². The third-order valence-corrected chi connectivity index (χ3v) is 2.42. The largest absolute Gasteiger partial charge is 0.399 e. The fourth-order valence-electron chi connectivity index (χ4n) is 1.45. The Labute approximate surface area is 146 Å². The molecule has 0 aliphatic heterocycles. The predicted molar refractivity (Wildman–Crippen MR) is 101 cm³/mol. The summed E-state index contributed by atoms with van der Waals surface area (Å²) in [4.78, 5) is 0. The van der Waals surface area contributed by atoms with Crippen molar-refractivity contribution in [2.75, 3.05) is 5.73 Å². The molecule has 0 aliphatic rings. The number of anilines is 1. The maximum absolute atomic E-state index is 5.87. The normalized spacial score (nSPS) is 10.9. The molecule has 0 aromatic heterocycles. The van der Waals surface area contributed by atoms with Crippen LogP contribution in [0.15, 0.2) is 38.6 Å². The molecular weight excluding hydrogens is 341 g/mol. The summed E-state index contributed by atoms with van der Waals surface area (Å²) in [7, 11) is 0. The van der Waals surface area contributed by atoms with E-state index in [0.29, 0.717) is 17.1 Å². The highest BCUT2D eigenvalue weighted by molar-refractivity contribution is 6.05. The van der Waals surface area contributed by atoms with Gasteiger partial charge in [-0.15, -0.1) is 35.0 Å². The first-order valence-electron chi connectivity index (χ1n) is 5.97. The Morgan fingerprint density at radius 1 is 0.696 bits per heavy atom. The quantitative estimate of drug-likeness (QED) is 0.220. The first kappa shape index (κ1) is 22.8. The minimum Gasteiger partial charge on any atom is -0.399 e. The van der Waals surface area contributed by atoms with Gasteiger partial charge in [0.15, 0.2) is 0 Å². The van der Waals surface area contributed by atoms with Crippen molar-refractivity contribution in [1.29, 1.82) is 0 Å². The van der Waals surface area contributed by atoms with Gasteiger partial charge in [-0.05, 0) is 32.0 Å². The third-order valence-electron chi connectivity index (χ3n) is 2.42. The molecule has 0 bridgehead atoms. The monoisotopic (exact) mass is 361 g/mol. The molecule has 1 aromatic rings. The van der Waals surface area contributed by atoms with E-state index < -0.39 is 0 Å². The molecule has 128 valence electrons. The first-order valence-corrected chi connectivity index (χ1v) is 5.97. The van der Waals surface area contributed by atoms with Crippen molar-refractivity contribution in [3.8, 4) is 0 Å². The number of nitrogens with zero attached hydrogens (tertiary/aromatic N) is 4. The number of hydrogen-bond acceptors (Lipinski definition) is 5. The average molecular weight is 362 g/mol. The van der Waals surface area contributed by atoms with Crippen LogP contribution in [-0.2, 0) is 0 Å². The molecule has 0 heterocycles. The second-order valence-electron chi connectivity index (χ2n) is 4.26. The van der Waals surface area contributed by atoms with Gasteiger partial charge in [0.25, 0.3) is 0 Å². The minimum absolute atomic E-state index is 0. The number of guanidine groups is 2. The van der Waals surface area contributed by atoms with Crippen LogP contribution in [0.25, 0.3) is 0 Å². The van der Waals surface area contributed by atoms with Crippen molar-refractivity contribution >= 4 is 53.8 Å². The van der Waals surface area contributed by atoms with Gasteiger partial charge in [-0.25, -0.2) is 0 Å². The second-order valence-corrected chi connectivity index (χ2v) is 4.26. The number of benzene rings is 1. The average Bonchev–Trinajstić information content (AvgIpc) is 2.41. The molecule has 23 heavy (non-hydrogen) atoms. The van der Waals surface area contributed by atoms with Crippen molar-refractivity contribution in [3.63, 3.8) is 0 Å². The van der Waals surface area contributed by atoms with Gasteiger partial charge in [0, 0.05) is 16.8 Å². The van der Waals surface area contributed by atoms with Crippen LogP contribution in [0.1, 0.15) is 25.0 Å². The number of rotatable bonds is 4. The Hall–Kier alpha value is -2.52. The highest BCUT2D eigenvalue weighted by Crippen LogP contribution is 2.14. The molecule has 0 fully saturated rings. The Bertz CT molecular complexity index is 590. The molecule has 0 saturated heterocycles. The summed E-state index contributed by atoms with van der Waals surface area (Å²) in [6.45, 7) is 3.51. The van der Waals surface area contributed by atoms with Crippen LogP contribution < -0.4 is 28.7 Å². The van der Waals surface area contributed by atoms with Gasteiger partial charge < -0.3 is 28.7 Å². The zero-order valence-electron chi connectivity index (χ0n) is 12.7. The lowest BCUT2D eigenvalue weighted by Crippen LogP contribution is -2.22. The van der Waals surface area contributed by atoms with Crippen LogP contribution >= 0.6 is 24.8 Å². The topological polar surface area (TPSA) is 180 Å². The van der Waals surface area contributed by atoms with Crippen LogP contribution in [0.4, 0.5) is 5.69 Å². The van der Waals surface area contributed by atoms with Gasteiger partial charge in [0.05, 0.1) is 11.4 Å². The number of nitrogen functional groups attached to an aromatic ring is 1. The molecule has 1 aromatic carbocycles. The number of nitrogens with two attached hydrogens (primary N) is 5. The highest BCUT2D eigenvalue weighted by atomic mass is 35.5. The minimum atomic E-state index is -0.121. The van der Waals surface area contributed by atoms with Gasteiger partial charge in [0.1, 0.15) is 0 Å². The molecular formula is C12H21Cl2N9. The summed E-state index contributed by atoms with van der Waals surface area (Å²) >= 11 is 0. The van der Waals surface area contributed by atoms with E-state index in [1.807, 2.05) is 6.07 Å².